The van der Waals surface area contributed by atoms with Gasteiger partial charge in [-0.1, -0.05) is 19.9 Å². The van der Waals surface area contributed by atoms with E-state index < -0.39 is 6.10 Å². The Morgan fingerprint density at radius 2 is 2.05 bits per heavy atom. The van der Waals surface area contributed by atoms with Crippen LogP contribution in [-0.2, 0) is 0 Å². The van der Waals surface area contributed by atoms with Gasteiger partial charge in [-0.25, -0.2) is 0 Å². The molecule has 1 aliphatic heterocycles. The third-order valence-corrected chi connectivity index (χ3v) is 4.34. The average Bonchev–Trinajstić information content (AvgIpc) is 2.46. The van der Waals surface area contributed by atoms with E-state index in [-0.39, 0.29) is 0 Å². The molecule has 2 rings (SSSR count). The van der Waals surface area contributed by atoms with Crippen LogP contribution >= 0.6 is 0 Å². The first-order valence-corrected chi connectivity index (χ1v) is 7.93. The summed E-state index contributed by atoms with van der Waals surface area (Å²) in [7, 11) is 0. The van der Waals surface area contributed by atoms with E-state index in [2.05, 4.69) is 18.7 Å². The van der Waals surface area contributed by atoms with E-state index in [1.54, 1.807) is 6.07 Å². The summed E-state index contributed by atoms with van der Waals surface area (Å²) in [6.07, 6.45) is 2.02. The van der Waals surface area contributed by atoms with E-state index in [1.807, 2.05) is 18.2 Å². The van der Waals surface area contributed by atoms with E-state index in [4.69, 9.17) is 10.5 Å². The lowest BCUT2D eigenvalue weighted by molar-refractivity contribution is 0.0511. The first-order valence-electron chi connectivity index (χ1n) is 7.93. The number of anilines is 1. The van der Waals surface area contributed by atoms with Crippen LogP contribution in [0.25, 0.3) is 0 Å². The van der Waals surface area contributed by atoms with Crippen molar-refractivity contribution in [1.29, 1.82) is 0 Å². The summed E-state index contributed by atoms with van der Waals surface area (Å²) < 4.78 is 5.59. The quantitative estimate of drug-likeness (QED) is 0.790. The molecule has 1 fully saturated rings. The van der Waals surface area contributed by atoms with Gasteiger partial charge >= 0.3 is 0 Å². The van der Waals surface area contributed by atoms with Crippen LogP contribution in [-0.4, -0.2) is 42.4 Å². The zero-order valence-electron chi connectivity index (χ0n) is 13.2. The van der Waals surface area contributed by atoms with Crippen molar-refractivity contribution in [1.82, 2.24) is 4.90 Å². The molecule has 1 atom stereocenters. The first kappa shape index (κ1) is 16.1. The van der Waals surface area contributed by atoms with Crippen molar-refractivity contribution in [3.05, 3.63) is 24.3 Å². The molecule has 0 aliphatic carbocycles. The predicted molar refractivity (Wildman–Crippen MR) is 86.4 cm³/mol. The molecule has 3 N–H and O–H groups in total. The normalized spacial score (nSPS) is 18.9. The van der Waals surface area contributed by atoms with Crippen molar-refractivity contribution >= 4 is 5.69 Å². The number of rotatable bonds is 6. The number of hydrogen-bond donors (Lipinski definition) is 2. The lowest BCUT2D eigenvalue weighted by Gasteiger charge is -2.34. The van der Waals surface area contributed by atoms with E-state index >= 15 is 0 Å². The smallest absolute Gasteiger partial charge is 0.121 e. The highest BCUT2D eigenvalue weighted by atomic mass is 16.5. The minimum atomic E-state index is -0.456. The zero-order valence-corrected chi connectivity index (χ0v) is 13.2. The molecule has 1 unspecified atom stereocenters. The van der Waals surface area contributed by atoms with Gasteiger partial charge in [0.2, 0.25) is 0 Å². The summed E-state index contributed by atoms with van der Waals surface area (Å²) in [6, 6.07) is 7.31. The fraction of sp³-hybridized carbons (Fsp3) is 0.647. The van der Waals surface area contributed by atoms with E-state index in [9.17, 15) is 5.11 Å². The number of likely N-dealkylation sites (tertiary alicyclic amines) is 1. The van der Waals surface area contributed by atoms with Crippen molar-refractivity contribution in [3.8, 4) is 5.75 Å². The summed E-state index contributed by atoms with van der Waals surface area (Å²) in [4.78, 5) is 2.34. The number of β-amino-alcohol motifs (C(OH)–C–C–N with tert-alkyl or cyclic N) is 1. The molecule has 118 valence electrons. The second-order valence-electron chi connectivity index (χ2n) is 6.42. The Labute approximate surface area is 127 Å². The average molecular weight is 292 g/mol. The molecular formula is C17H28N2O2. The molecule has 0 spiro atoms. The van der Waals surface area contributed by atoms with Crippen LogP contribution < -0.4 is 10.5 Å². The number of nitrogens with two attached hydrogens (primary N) is 1. The van der Waals surface area contributed by atoms with E-state index in [0.717, 1.165) is 24.9 Å². The molecule has 0 bridgehead atoms. The van der Waals surface area contributed by atoms with Gasteiger partial charge < -0.3 is 20.5 Å². The molecule has 4 nitrogen and oxygen atoms in total. The standard InChI is InChI=1S/C17H28N2O2/c1-13(2)14-6-8-19(9-7-14)11-16(20)12-21-17-5-3-4-15(18)10-17/h3-5,10,13-14,16,20H,6-9,11-12,18H2,1-2H3. The molecule has 1 aliphatic rings. The Morgan fingerprint density at radius 1 is 1.33 bits per heavy atom. The Morgan fingerprint density at radius 3 is 2.67 bits per heavy atom. The minimum absolute atomic E-state index is 0.313. The predicted octanol–water partition coefficient (Wildman–Crippen LogP) is 2.38. The lowest BCUT2D eigenvalue weighted by Crippen LogP contribution is -2.41. The first-order chi connectivity index (χ1) is 10.0. The number of aliphatic hydroxyl groups is 1. The van der Waals surface area contributed by atoms with Gasteiger partial charge in [0, 0.05) is 18.3 Å². The summed E-state index contributed by atoms with van der Waals surface area (Å²) in [6.45, 7) is 7.76. The van der Waals surface area contributed by atoms with Gasteiger partial charge in [0.15, 0.2) is 0 Å². The minimum Gasteiger partial charge on any atom is -0.491 e. The number of piperidine rings is 1. The van der Waals surface area contributed by atoms with Crippen LogP contribution in [0.5, 0.6) is 5.75 Å². The Hall–Kier alpha value is -1.26. The fourth-order valence-corrected chi connectivity index (χ4v) is 2.95. The summed E-state index contributed by atoms with van der Waals surface area (Å²) in [5.41, 5.74) is 6.38. The molecule has 0 saturated carbocycles. The highest BCUT2D eigenvalue weighted by molar-refractivity contribution is 5.43. The van der Waals surface area contributed by atoms with Gasteiger partial charge in [0.1, 0.15) is 18.5 Å². The molecular weight excluding hydrogens is 264 g/mol. The van der Waals surface area contributed by atoms with Gasteiger partial charge in [0.25, 0.3) is 0 Å². The maximum atomic E-state index is 10.1. The second-order valence-corrected chi connectivity index (χ2v) is 6.42. The number of benzene rings is 1. The van der Waals surface area contributed by atoms with Crippen LogP contribution in [0.4, 0.5) is 5.69 Å². The Bertz CT molecular complexity index is 429. The van der Waals surface area contributed by atoms with Crippen LogP contribution in [0.15, 0.2) is 24.3 Å². The van der Waals surface area contributed by atoms with Gasteiger partial charge in [-0.15, -0.1) is 0 Å². The van der Waals surface area contributed by atoms with Gasteiger partial charge in [-0.05, 0) is 49.9 Å². The Balaban J connectivity index is 1.69. The molecule has 0 radical (unpaired) electrons. The molecule has 1 saturated heterocycles. The highest BCUT2D eigenvalue weighted by Gasteiger charge is 2.22. The van der Waals surface area contributed by atoms with Crippen molar-refractivity contribution < 1.29 is 9.84 Å². The molecule has 1 aromatic rings. The van der Waals surface area contributed by atoms with Crippen molar-refractivity contribution in [2.24, 2.45) is 11.8 Å². The monoisotopic (exact) mass is 292 g/mol. The van der Waals surface area contributed by atoms with E-state index in [0.29, 0.717) is 24.6 Å². The van der Waals surface area contributed by atoms with Crippen LogP contribution in [0.1, 0.15) is 26.7 Å². The summed E-state index contributed by atoms with van der Waals surface area (Å²) in [5.74, 6) is 2.32. The molecule has 4 heteroatoms. The second kappa shape index (κ2) is 7.66. The zero-order chi connectivity index (χ0) is 15.2. The van der Waals surface area contributed by atoms with Crippen molar-refractivity contribution in [3.63, 3.8) is 0 Å². The highest BCUT2D eigenvalue weighted by Crippen LogP contribution is 2.24. The third-order valence-electron chi connectivity index (χ3n) is 4.34. The lowest BCUT2D eigenvalue weighted by atomic mass is 9.87. The van der Waals surface area contributed by atoms with Crippen molar-refractivity contribution in [2.75, 3.05) is 32.0 Å². The number of nitrogens with zero attached hydrogens (tertiary/aromatic N) is 1. The summed E-state index contributed by atoms with van der Waals surface area (Å²) in [5, 5.41) is 10.1. The van der Waals surface area contributed by atoms with Gasteiger partial charge in [-0.2, -0.15) is 0 Å². The van der Waals surface area contributed by atoms with Crippen LogP contribution in [0.2, 0.25) is 0 Å². The van der Waals surface area contributed by atoms with E-state index in [1.165, 1.54) is 12.8 Å². The molecule has 0 amide bonds. The Kier molecular flexibility index (Phi) is 5.88. The van der Waals surface area contributed by atoms with Crippen LogP contribution in [0, 0.1) is 11.8 Å². The van der Waals surface area contributed by atoms with Gasteiger partial charge in [-0.3, -0.25) is 0 Å². The molecule has 0 aromatic heterocycles. The topological polar surface area (TPSA) is 58.7 Å². The number of aliphatic hydroxyl groups excluding tert-OH is 1. The maximum absolute atomic E-state index is 10.1. The molecule has 1 aromatic carbocycles. The summed E-state index contributed by atoms with van der Waals surface area (Å²) >= 11 is 0. The maximum Gasteiger partial charge on any atom is 0.121 e. The fourth-order valence-electron chi connectivity index (χ4n) is 2.95. The largest absolute Gasteiger partial charge is 0.491 e. The van der Waals surface area contributed by atoms with Crippen molar-refractivity contribution in [2.45, 2.75) is 32.8 Å². The third kappa shape index (κ3) is 5.21. The van der Waals surface area contributed by atoms with Gasteiger partial charge in [0.05, 0.1) is 0 Å². The number of nitrogen functional groups attached to an aromatic ring is 1. The number of ether oxygens (including phenoxy) is 1. The van der Waals surface area contributed by atoms with Crippen LogP contribution in [0.3, 0.4) is 0 Å². The SMILES string of the molecule is CC(C)C1CCN(CC(O)COc2cccc(N)c2)CC1. The molecule has 1 heterocycles. The number of hydrogen-bond acceptors (Lipinski definition) is 4. The molecule has 21 heavy (non-hydrogen) atoms.